The molecule has 0 spiro atoms. The Hall–Kier alpha value is -2.83. The maximum atomic E-state index is 11.8. The molecule has 116 valence electrons. The maximum Gasteiger partial charge on any atom is 0.263 e. The van der Waals surface area contributed by atoms with E-state index in [1.165, 1.54) is 14.0 Å². The van der Waals surface area contributed by atoms with Gasteiger partial charge in [0, 0.05) is 12.1 Å². The molecule has 1 aromatic carbocycles. The first kappa shape index (κ1) is 15.6. The summed E-state index contributed by atoms with van der Waals surface area (Å²) in [7, 11) is 1.51. The fraction of sp³-hybridized carbons (Fsp3) is 0.267. The molecule has 0 aliphatic carbocycles. The van der Waals surface area contributed by atoms with E-state index in [1.54, 1.807) is 31.2 Å². The van der Waals surface area contributed by atoms with Crippen molar-refractivity contribution < 1.29 is 23.6 Å². The summed E-state index contributed by atoms with van der Waals surface area (Å²) in [5.74, 6) is 1.15. The Morgan fingerprint density at radius 3 is 2.68 bits per heavy atom. The average molecular weight is 304 g/mol. The summed E-state index contributed by atoms with van der Waals surface area (Å²) in [4.78, 5) is 23.4. The van der Waals surface area contributed by atoms with Crippen LogP contribution in [0.25, 0.3) is 0 Å². The number of carbonyl (C=O) groups excluding carboxylic acids is 2. The fourth-order valence-corrected chi connectivity index (χ4v) is 1.79. The second-order valence-corrected chi connectivity index (χ2v) is 4.58. The minimum atomic E-state index is -0.411. The summed E-state index contributed by atoms with van der Waals surface area (Å²) in [5, 5.41) is 6.17. The summed E-state index contributed by atoms with van der Waals surface area (Å²) >= 11 is 0. The summed E-state index contributed by atoms with van der Waals surface area (Å²) in [6.45, 7) is 2.88. The van der Waals surface area contributed by atoms with Crippen molar-refractivity contribution in [1.29, 1.82) is 0 Å². The Morgan fingerprint density at radius 1 is 1.32 bits per heavy atom. The van der Waals surface area contributed by atoms with Gasteiger partial charge in [0.25, 0.3) is 5.91 Å². The van der Waals surface area contributed by atoms with E-state index in [4.69, 9.17) is 14.0 Å². The number of rotatable bonds is 6. The molecule has 22 heavy (non-hydrogen) atoms. The molecule has 0 saturated heterocycles. The Kier molecular flexibility index (Phi) is 4.77. The number of Topliss-reactive ketones (excluding diaryl/α,β-unsaturated/α-hetero) is 1. The predicted octanol–water partition coefficient (Wildman–Crippen LogP) is 2.21. The first-order chi connectivity index (χ1) is 10.5. The van der Waals surface area contributed by atoms with Crippen LogP contribution in [0.15, 0.2) is 28.8 Å². The number of benzene rings is 1. The van der Waals surface area contributed by atoms with Crippen molar-refractivity contribution >= 4 is 17.5 Å². The van der Waals surface area contributed by atoms with E-state index in [0.717, 1.165) is 0 Å². The molecule has 0 unspecified atom stereocenters. The molecule has 7 heteroatoms. The van der Waals surface area contributed by atoms with Gasteiger partial charge in [0.1, 0.15) is 17.3 Å². The molecule has 0 aliphatic heterocycles. The first-order valence-electron chi connectivity index (χ1n) is 6.54. The van der Waals surface area contributed by atoms with Crippen molar-refractivity contribution in [3.63, 3.8) is 0 Å². The molecule has 1 N–H and O–H groups in total. The smallest absolute Gasteiger partial charge is 0.263 e. The molecule has 1 amide bonds. The van der Waals surface area contributed by atoms with Crippen molar-refractivity contribution in [3.05, 3.63) is 35.6 Å². The topological polar surface area (TPSA) is 90.7 Å². The fourth-order valence-electron chi connectivity index (χ4n) is 1.79. The molecule has 7 nitrogen and oxygen atoms in total. The van der Waals surface area contributed by atoms with Gasteiger partial charge < -0.3 is 19.3 Å². The van der Waals surface area contributed by atoms with Gasteiger partial charge in [-0.1, -0.05) is 5.16 Å². The minimum Gasteiger partial charge on any atom is -0.497 e. The molecule has 0 bridgehead atoms. The van der Waals surface area contributed by atoms with Crippen molar-refractivity contribution in [2.45, 2.75) is 13.8 Å². The van der Waals surface area contributed by atoms with Crippen molar-refractivity contribution in [1.82, 2.24) is 5.16 Å². The van der Waals surface area contributed by atoms with Crippen LogP contribution in [0, 0.1) is 6.92 Å². The van der Waals surface area contributed by atoms with Gasteiger partial charge in [0.2, 0.25) is 0 Å². The lowest BCUT2D eigenvalue weighted by Crippen LogP contribution is -2.21. The quantitative estimate of drug-likeness (QED) is 0.823. The molecule has 0 radical (unpaired) electrons. The molecule has 1 aromatic heterocycles. The largest absolute Gasteiger partial charge is 0.497 e. The molecule has 0 fully saturated rings. The van der Waals surface area contributed by atoms with Gasteiger partial charge >= 0.3 is 0 Å². The lowest BCUT2D eigenvalue weighted by molar-refractivity contribution is -0.118. The van der Waals surface area contributed by atoms with Crippen LogP contribution in [0.2, 0.25) is 0 Å². The zero-order valence-electron chi connectivity index (χ0n) is 12.5. The highest BCUT2D eigenvalue weighted by molar-refractivity contribution is 5.97. The number of ether oxygens (including phenoxy) is 2. The lowest BCUT2D eigenvalue weighted by atomic mass is 10.1. The van der Waals surface area contributed by atoms with E-state index in [9.17, 15) is 9.59 Å². The summed E-state index contributed by atoms with van der Waals surface area (Å²) in [5.41, 5.74) is 0.380. The van der Waals surface area contributed by atoms with Crippen LogP contribution in [-0.4, -0.2) is 30.6 Å². The highest BCUT2D eigenvalue weighted by Crippen LogP contribution is 2.25. The van der Waals surface area contributed by atoms with Crippen LogP contribution in [0.3, 0.4) is 0 Å². The summed E-state index contributed by atoms with van der Waals surface area (Å²) in [6, 6.07) is 6.39. The van der Waals surface area contributed by atoms with Crippen LogP contribution in [0.5, 0.6) is 11.5 Å². The number of ketones is 1. The van der Waals surface area contributed by atoms with Gasteiger partial charge in [-0.3, -0.25) is 9.59 Å². The van der Waals surface area contributed by atoms with Gasteiger partial charge in [-0.2, -0.15) is 0 Å². The van der Waals surface area contributed by atoms with Crippen LogP contribution >= 0.6 is 0 Å². The van der Waals surface area contributed by atoms with Gasteiger partial charge in [-0.25, -0.2) is 0 Å². The number of hydrogen-bond donors (Lipinski definition) is 1. The molecular formula is C15H16N2O5. The predicted molar refractivity (Wildman–Crippen MR) is 78.4 cm³/mol. The van der Waals surface area contributed by atoms with Crippen LogP contribution in [0.1, 0.15) is 23.0 Å². The zero-order chi connectivity index (χ0) is 16.1. The van der Waals surface area contributed by atoms with Crippen molar-refractivity contribution in [3.8, 4) is 11.5 Å². The third kappa shape index (κ3) is 3.85. The standard InChI is InChI=1S/C15H16N2O5/c1-9-6-14(17-22-9)16-15(19)8-21-13-7-11(20-3)4-5-12(13)10(2)18/h4-7H,8H2,1-3H3,(H,16,17,19). The third-order valence-electron chi connectivity index (χ3n) is 2.82. The van der Waals surface area contributed by atoms with Crippen LogP contribution in [0.4, 0.5) is 5.82 Å². The number of methoxy groups -OCH3 is 1. The number of aryl methyl sites for hydroxylation is 1. The monoisotopic (exact) mass is 304 g/mol. The average Bonchev–Trinajstić information content (AvgIpc) is 2.89. The molecule has 1 heterocycles. The van der Waals surface area contributed by atoms with E-state index in [-0.39, 0.29) is 12.4 Å². The molecule has 0 aliphatic rings. The Labute approximate surface area is 127 Å². The van der Waals surface area contributed by atoms with E-state index < -0.39 is 5.91 Å². The summed E-state index contributed by atoms with van der Waals surface area (Å²) in [6.07, 6.45) is 0. The third-order valence-corrected chi connectivity index (χ3v) is 2.82. The SMILES string of the molecule is COc1ccc(C(C)=O)c(OCC(=O)Nc2cc(C)on2)c1. The van der Waals surface area contributed by atoms with Crippen molar-refractivity contribution in [2.75, 3.05) is 19.0 Å². The maximum absolute atomic E-state index is 11.8. The number of hydrogen-bond acceptors (Lipinski definition) is 6. The van der Waals surface area contributed by atoms with Crippen LogP contribution in [-0.2, 0) is 4.79 Å². The first-order valence-corrected chi connectivity index (χ1v) is 6.54. The minimum absolute atomic E-state index is 0.162. The number of nitrogens with one attached hydrogen (secondary N) is 1. The Bertz CT molecular complexity index is 693. The molecular weight excluding hydrogens is 288 g/mol. The zero-order valence-corrected chi connectivity index (χ0v) is 12.5. The van der Waals surface area contributed by atoms with E-state index in [2.05, 4.69) is 10.5 Å². The molecule has 2 aromatic rings. The molecule has 0 saturated carbocycles. The van der Waals surface area contributed by atoms with Crippen LogP contribution < -0.4 is 14.8 Å². The van der Waals surface area contributed by atoms with Gasteiger partial charge in [0.05, 0.1) is 12.7 Å². The highest BCUT2D eigenvalue weighted by Gasteiger charge is 2.13. The van der Waals surface area contributed by atoms with Gasteiger partial charge in [0.15, 0.2) is 18.2 Å². The number of aromatic nitrogens is 1. The number of carbonyl (C=O) groups is 2. The molecule has 0 atom stereocenters. The Balaban J connectivity index is 2.03. The Morgan fingerprint density at radius 2 is 2.09 bits per heavy atom. The lowest BCUT2D eigenvalue weighted by Gasteiger charge is -2.11. The second kappa shape index (κ2) is 6.75. The van der Waals surface area contributed by atoms with E-state index in [1.807, 2.05) is 0 Å². The second-order valence-electron chi connectivity index (χ2n) is 4.58. The number of nitrogens with zero attached hydrogens (tertiary/aromatic N) is 1. The normalized spacial score (nSPS) is 10.1. The van der Waals surface area contributed by atoms with E-state index >= 15 is 0 Å². The number of amides is 1. The number of anilines is 1. The van der Waals surface area contributed by atoms with Crippen molar-refractivity contribution in [2.24, 2.45) is 0 Å². The molecule has 2 rings (SSSR count). The van der Waals surface area contributed by atoms with E-state index in [0.29, 0.717) is 28.6 Å². The van der Waals surface area contributed by atoms with Gasteiger partial charge in [-0.15, -0.1) is 0 Å². The summed E-state index contributed by atoms with van der Waals surface area (Å²) < 4.78 is 15.3. The highest BCUT2D eigenvalue weighted by atomic mass is 16.5. The van der Waals surface area contributed by atoms with Gasteiger partial charge in [-0.05, 0) is 26.0 Å².